The van der Waals surface area contributed by atoms with Crippen LogP contribution in [0.25, 0.3) is 11.2 Å². The normalized spacial score (nSPS) is 18.0. The lowest BCUT2D eigenvalue weighted by molar-refractivity contribution is 0.373. The summed E-state index contributed by atoms with van der Waals surface area (Å²) in [5.41, 5.74) is 7.27. The van der Waals surface area contributed by atoms with E-state index >= 15 is 0 Å². The fourth-order valence-corrected chi connectivity index (χ4v) is 2.19. The molecule has 1 aliphatic heterocycles. The maximum Gasteiger partial charge on any atom is 0.222 e. The number of fused-ring (bicyclic) bond motifs is 1. The van der Waals surface area contributed by atoms with Gasteiger partial charge in [-0.1, -0.05) is 0 Å². The van der Waals surface area contributed by atoms with Crippen molar-refractivity contribution in [1.82, 2.24) is 24.8 Å². The minimum absolute atomic E-state index is 0.309. The number of nitrogens with zero attached hydrogens (tertiary/aromatic N) is 4. The largest absolute Gasteiger partial charge is 0.368 e. The fraction of sp³-hybridized carbons (Fsp3) is 0.500. The summed E-state index contributed by atoms with van der Waals surface area (Å²) < 4.78 is 2.12. The monoisotopic (exact) mass is 218 g/mol. The van der Waals surface area contributed by atoms with Crippen molar-refractivity contribution in [3.05, 3.63) is 12.5 Å². The minimum atomic E-state index is 0.309. The molecule has 0 atom stereocenters. The first kappa shape index (κ1) is 9.53. The van der Waals surface area contributed by atoms with E-state index in [0.717, 1.165) is 37.1 Å². The highest BCUT2D eigenvalue weighted by Crippen LogP contribution is 2.22. The number of nitrogens with two attached hydrogens (primary N) is 1. The Morgan fingerprint density at radius 2 is 2.12 bits per heavy atom. The van der Waals surface area contributed by atoms with Crippen LogP contribution in [0, 0.1) is 0 Å². The maximum atomic E-state index is 5.61. The third-order valence-electron chi connectivity index (χ3n) is 3.04. The van der Waals surface area contributed by atoms with Crippen LogP contribution < -0.4 is 11.1 Å². The van der Waals surface area contributed by atoms with Gasteiger partial charge in [0.25, 0.3) is 0 Å². The minimum Gasteiger partial charge on any atom is -0.368 e. The van der Waals surface area contributed by atoms with E-state index in [1.165, 1.54) is 0 Å². The van der Waals surface area contributed by atoms with Gasteiger partial charge in [-0.05, 0) is 25.9 Å². The van der Waals surface area contributed by atoms with Crippen molar-refractivity contribution in [2.75, 3.05) is 18.8 Å². The number of hydrogen-bond acceptors (Lipinski definition) is 5. The van der Waals surface area contributed by atoms with Crippen LogP contribution in [0.4, 0.5) is 5.95 Å². The molecule has 0 aliphatic carbocycles. The highest BCUT2D eigenvalue weighted by atomic mass is 15.2. The van der Waals surface area contributed by atoms with Gasteiger partial charge in [-0.15, -0.1) is 0 Å². The maximum absolute atomic E-state index is 5.61. The summed E-state index contributed by atoms with van der Waals surface area (Å²) >= 11 is 0. The molecule has 0 bridgehead atoms. The van der Waals surface area contributed by atoms with Crippen LogP contribution in [0.3, 0.4) is 0 Å². The van der Waals surface area contributed by atoms with Crippen molar-refractivity contribution in [2.45, 2.75) is 18.9 Å². The van der Waals surface area contributed by atoms with Gasteiger partial charge in [-0.2, -0.15) is 4.98 Å². The zero-order chi connectivity index (χ0) is 11.0. The number of nitrogens with one attached hydrogen (secondary N) is 1. The lowest BCUT2D eigenvalue weighted by atomic mass is 10.1. The molecule has 1 fully saturated rings. The summed E-state index contributed by atoms with van der Waals surface area (Å²) in [6.07, 6.45) is 5.73. The van der Waals surface area contributed by atoms with Crippen LogP contribution >= 0.6 is 0 Å². The van der Waals surface area contributed by atoms with E-state index in [1.54, 1.807) is 6.20 Å². The summed E-state index contributed by atoms with van der Waals surface area (Å²) in [7, 11) is 0. The van der Waals surface area contributed by atoms with Gasteiger partial charge >= 0.3 is 0 Å². The van der Waals surface area contributed by atoms with Gasteiger partial charge in [0.05, 0.1) is 12.5 Å². The molecule has 0 unspecified atom stereocenters. The predicted molar refractivity (Wildman–Crippen MR) is 60.9 cm³/mol. The molecule has 0 saturated carbocycles. The van der Waals surface area contributed by atoms with Crippen LogP contribution in [-0.4, -0.2) is 32.6 Å². The van der Waals surface area contributed by atoms with Gasteiger partial charge in [0.1, 0.15) is 5.52 Å². The van der Waals surface area contributed by atoms with Gasteiger partial charge in [0, 0.05) is 6.04 Å². The molecule has 0 radical (unpaired) electrons. The third kappa shape index (κ3) is 1.51. The molecule has 0 amide bonds. The Labute approximate surface area is 92.9 Å². The lowest BCUT2D eigenvalue weighted by Gasteiger charge is -2.23. The van der Waals surface area contributed by atoms with Crippen molar-refractivity contribution < 1.29 is 0 Å². The van der Waals surface area contributed by atoms with Crippen molar-refractivity contribution >= 4 is 17.1 Å². The van der Waals surface area contributed by atoms with E-state index in [9.17, 15) is 0 Å². The topological polar surface area (TPSA) is 81.6 Å². The van der Waals surface area contributed by atoms with Gasteiger partial charge in [-0.3, -0.25) is 0 Å². The molecule has 2 aromatic rings. The predicted octanol–water partition coefficient (Wildman–Crippen LogP) is 0.333. The fourth-order valence-electron chi connectivity index (χ4n) is 2.19. The second-order valence-corrected chi connectivity index (χ2v) is 4.07. The number of hydrogen-bond donors (Lipinski definition) is 2. The van der Waals surface area contributed by atoms with Gasteiger partial charge in [-0.25, -0.2) is 9.97 Å². The molecule has 1 aliphatic rings. The molecule has 1 saturated heterocycles. The Morgan fingerprint density at radius 1 is 1.31 bits per heavy atom. The molecule has 3 heterocycles. The van der Waals surface area contributed by atoms with E-state index in [2.05, 4.69) is 24.8 Å². The van der Waals surface area contributed by atoms with Gasteiger partial charge in [0.2, 0.25) is 5.95 Å². The van der Waals surface area contributed by atoms with E-state index < -0.39 is 0 Å². The van der Waals surface area contributed by atoms with Crippen LogP contribution in [0.5, 0.6) is 0 Å². The van der Waals surface area contributed by atoms with Gasteiger partial charge in [0.15, 0.2) is 5.65 Å². The smallest absolute Gasteiger partial charge is 0.222 e. The Balaban J connectivity index is 2.05. The third-order valence-corrected chi connectivity index (χ3v) is 3.04. The molecule has 0 spiro atoms. The molecule has 2 aromatic heterocycles. The Bertz CT molecular complexity index is 499. The Morgan fingerprint density at radius 3 is 2.94 bits per heavy atom. The summed E-state index contributed by atoms with van der Waals surface area (Å²) in [4.78, 5) is 12.5. The number of rotatable bonds is 1. The first-order chi connectivity index (χ1) is 7.84. The van der Waals surface area contributed by atoms with Crippen LogP contribution in [0.1, 0.15) is 18.9 Å². The Hall–Kier alpha value is -1.69. The van der Waals surface area contributed by atoms with E-state index in [4.69, 9.17) is 5.73 Å². The first-order valence-electron chi connectivity index (χ1n) is 5.50. The number of imidazole rings is 1. The number of piperidine rings is 1. The van der Waals surface area contributed by atoms with Crippen molar-refractivity contribution in [3.63, 3.8) is 0 Å². The average Bonchev–Trinajstić information content (AvgIpc) is 2.73. The molecule has 6 nitrogen and oxygen atoms in total. The molecule has 6 heteroatoms. The van der Waals surface area contributed by atoms with Crippen LogP contribution in [-0.2, 0) is 0 Å². The highest BCUT2D eigenvalue weighted by molar-refractivity contribution is 5.70. The highest BCUT2D eigenvalue weighted by Gasteiger charge is 2.17. The van der Waals surface area contributed by atoms with E-state index in [-0.39, 0.29) is 0 Å². The quantitative estimate of drug-likeness (QED) is 0.721. The van der Waals surface area contributed by atoms with Crippen LogP contribution in [0.2, 0.25) is 0 Å². The van der Waals surface area contributed by atoms with Crippen molar-refractivity contribution in [2.24, 2.45) is 0 Å². The zero-order valence-corrected chi connectivity index (χ0v) is 8.93. The van der Waals surface area contributed by atoms with Crippen LogP contribution in [0.15, 0.2) is 12.5 Å². The molecular formula is C10H14N6. The lowest BCUT2D eigenvalue weighted by Crippen LogP contribution is -2.29. The summed E-state index contributed by atoms with van der Waals surface area (Å²) in [5, 5.41) is 3.34. The van der Waals surface area contributed by atoms with E-state index in [1.807, 2.05) is 6.33 Å². The molecule has 3 N–H and O–H groups in total. The second-order valence-electron chi connectivity index (χ2n) is 4.07. The second kappa shape index (κ2) is 3.71. The number of aromatic nitrogens is 4. The molecule has 16 heavy (non-hydrogen) atoms. The zero-order valence-electron chi connectivity index (χ0n) is 8.93. The molecule has 0 aromatic carbocycles. The standard InChI is InChI=1S/C10H14N6/c11-10-13-5-8-9(15-10)16(6-14-8)7-1-3-12-4-2-7/h5-7,12H,1-4H2,(H2,11,13,15). The van der Waals surface area contributed by atoms with Crippen molar-refractivity contribution in [3.8, 4) is 0 Å². The van der Waals surface area contributed by atoms with Gasteiger partial charge < -0.3 is 15.6 Å². The number of nitrogen functional groups attached to an aromatic ring is 1. The summed E-state index contributed by atoms with van der Waals surface area (Å²) in [6, 6.07) is 0.473. The summed E-state index contributed by atoms with van der Waals surface area (Å²) in [5.74, 6) is 0.309. The number of anilines is 1. The van der Waals surface area contributed by atoms with E-state index in [0.29, 0.717) is 12.0 Å². The van der Waals surface area contributed by atoms with Crippen molar-refractivity contribution in [1.29, 1.82) is 0 Å². The Kier molecular flexibility index (Phi) is 2.21. The molecule has 84 valence electrons. The first-order valence-corrected chi connectivity index (χ1v) is 5.50. The molecule has 3 rings (SSSR count). The average molecular weight is 218 g/mol. The SMILES string of the molecule is Nc1ncc2ncn(C3CCNCC3)c2n1. The summed E-state index contributed by atoms with van der Waals surface area (Å²) in [6.45, 7) is 2.09. The molecular weight excluding hydrogens is 204 g/mol.